The van der Waals surface area contributed by atoms with Crippen LogP contribution in [0.15, 0.2) is 24.3 Å². The maximum absolute atomic E-state index is 12.0. The normalized spacial score (nSPS) is 15.0. The fraction of sp³-hybridized carbons (Fsp3) is 0.526. The number of methoxy groups -OCH3 is 2. The van der Waals surface area contributed by atoms with Gasteiger partial charge in [-0.15, -0.1) is 0 Å². The Labute approximate surface area is 160 Å². The van der Waals surface area contributed by atoms with Crippen molar-refractivity contribution in [3.63, 3.8) is 0 Å². The summed E-state index contributed by atoms with van der Waals surface area (Å²) in [6.45, 7) is 4.97. The van der Waals surface area contributed by atoms with Gasteiger partial charge < -0.3 is 29.0 Å². The summed E-state index contributed by atoms with van der Waals surface area (Å²) in [4.78, 5) is 14.3. The lowest BCUT2D eigenvalue weighted by Gasteiger charge is -2.26. The van der Waals surface area contributed by atoms with E-state index >= 15 is 0 Å². The molecule has 1 amide bonds. The number of benzene rings is 1. The molecule has 1 aliphatic heterocycles. The van der Waals surface area contributed by atoms with E-state index in [9.17, 15) is 4.79 Å². The Balaban J connectivity index is 1.85. The highest BCUT2D eigenvalue weighted by Gasteiger charge is 2.10. The number of carbonyl (C=O) groups excluding carboxylic acids is 1. The lowest BCUT2D eigenvalue weighted by molar-refractivity contribution is -0.116. The van der Waals surface area contributed by atoms with E-state index in [0.717, 1.165) is 38.4 Å². The third-order valence-electron chi connectivity index (χ3n) is 3.89. The van der Waals surface area contributed by atoms with Gasteiger partial charge in [-0.2, -0.15) is 0 Å². The van der Waals surface area contributed by atoms with Crippen LogP contribution < -0.4 is 14.8 Å². The second kappa shape index (κ2) is 12.3. The van der Waals surface area contributed by atoms with E-state index in [0.29, 0.717) is 18.0 Å². The number of ether oxygens (including phenoxy) is 5. The van der Waals surface area contributed by atoms with E-state index < -0.39 is 0 Å². The van der Waals surface area contributed by atoms with Crippen LogP contribution in [0.1, 0.15) is 5.56 Å². The van der Waals surface area contributed by atoms with Crippen molar-refractivity contribution in [2.24, 2.45) is 0 Å². The van der Waals surface area contributed by atoms with Gasteiger partial charge >= 0.3 is 0 Å². The fourth-order valence-corrected chi connectivity index (χ4v) is 2.50. The van der Waals surface area contributed by atoms with Crippen LogP contribution in [-0.4, -0.2) is 78.0 Å². The predicted molar refractivity (Wildman–Crippen MR) is 101 cm³/mol. The molecule has 0 unspecified atom stereocenters. The van der Waals surface area contributed by atoms with Gasteiger partial charge in [0.05, 0.1) is 13.2 Å². The molecule has 0 aliphatic carbocycles. The smallest absolute Gasteiger partial charge is 0.244 e. The van der Waals surface area contributed by atoms with E-state index in [-0.39, 0.29) is 19.5 Å². The largest absolute Gasteiger partial charge is 0.464 e. The van der Waals surface area contributed by atoms with Crippen LogP contribution in [0.3, 0.4) is 0 Å². The molecule has 8 heteroatoms. The molecule has 150 valence electrons. The van der Waals surface area contributed by atoms with Crippen molar-refractivity contribution >= 4 is 12.0 Å². The molecule has 0 aromatic heterocycles. The summed E-state index contributed by atoms with van der Waals surface area (Å²) in [7, 11) is 3.09. The fourth-order valence-electron chi connectivity index (χ4n) is 2.50. The Morgan fingerprint density at radius 1 is 1.15 bits per heavy atom. The molecule has 8 nitrogen and oxygen atoms in total. The number of hydrogen-bond acceptors (Lipinski definition) is 7. The summed E-state index contributed by atoms with van der Waals surface area (Å²) in [5, 5.41) is 2.89. The van der Waals surface area contributed by atoms with Crippen LogP contribution in [0, 0.1) is 0 Å². The van der Waals surface area contributed by atoms with Gasteiger partial charge in [-0.25, -0.2) is 0 Å². The number of nitrogens with one attached hydrogen (secondary N) is 1. The molecular weight excluding hydrogens is 352 g/mol. The van der Waals surface area contributed by atoms with Gasteiger partial charge in [-0.1, -0.05) is 6.07 Å². The number of morpholine rings is 1. The SMILES string of the molecule is COCOc1ccc(/C=C/C(=O)NCCN2CCOCC2)cc1OCOC. The molecule has 1 aliphatic rings. The van der Waals surface area contributed by atoms with Gasteiger partial charge in [0.1, 0.15) is 0 Å². The minimum atomic E-state index is -0.137. The molecule has 0 radical (unpaired) electrons. The van der Waals surface area contributed by atoms with Crippen LogP contribution >= 0.6 is 0 Å². The first-order valence-corrected chi connectivity index (χ1v) is 8.86. The van der Waals surface area contributed by atoms with Crippen molar-refractivity contribution in [1.82, 2.24) is 10.2 Å². The Hall–Kier alpha value is -2.13. The van der Waals surface area contributed by atoms with E-state index in [1.54, 1.807) is 32.4 Å². The quantitative estimate of drug-likeness (QED) is 0.455. The first-order valence-electron chi connectivity index (χ1n) is 8.86. The highest BCUT2D eigenvalue weighted by Crippen LogP contribution is 2.29. The van der Waals surface area contributed by atoms with Gasteiger partial charge in [-0.05, 0) is 23.8 Å². The van der Waals surface area contributed by atoms with E-state index in [2.05, 4.69) is 10.2 Å². The molecule has 1 saturated heterocycles. The average Bonchev–Trinajstić information content (AvgIpc) is 2.70. The van der Waals surface area contributed by atoms with Crippen LogP contribution in [0.4, 0.5) is 0 Å². The van der Waals surface area contributed by atoms with Gasteiger partial charge in [0.2, 0.25) is 5.91 Å². The summed E-state index contributed by atoms with van der Waals surface area (Å²) in [6.07, 6.45) is 3.23. The van der Waals surface area contributed by atoms with Crippen LogP contribution in [0.25, 0.3) is 6.08 Å². The van der Waals surface area contributed by atoms with Crippen LogP contribution in [0.5, 0.6) is 11.5 Å². The molecule has 1 heterocycles. The number of hydrogen-bond donors (Lipinski definition) is 1. The summed E-state index contributed by atoms with van der Waals surface area (Å²) in [5.41, 5.74) is 0.814. The molecule has 0 atom stereocenters. The molecule has 1 N–H and O–H groups in total. The summed E-state index contributed by atoms with van der Waals surface area (Å²) in [6, 6.07) is 5.38. The third kappa shape index (κ3) is 7.96. The number of amides is 1. The van der Waals surface area contributed by atoms with Crippen LogP contribution in [-0.2, 0) is 19.0 Å². The molecule has 1 aromatic carbocycles. The van der Waals surface area contributed by atoms with E-state index in [1.165, 1.54) is 6.08 Å². The predicted octanol–water partition coefficient (Wildman–Crippen LogP) is 1.11. The maximum Gasteiger partial charge on any atom is 0.244 e. The topological polar surface area (TPSA) is 78.5 Å². The van der Waals surface area contributed by atoms with Crippen molar-refractivity contribution in [3.05, 3.63) is 29.8 Å². The van der Waals surface area contributed by atoms with Gasteiger partial charge in [0, 0.05) is 46.5 Å². The lowest BCUT2D eigenvalue weighted by Crippen LogP contribution is -2.41. The molecule has 1 aromatic rings. The zero-order chi connectivity index (χ0) is 19.3. The minimum absolute atomic E-state index is 0.0958. The minimum Gasteiger partial charge on any atom is -0.464 e. The molecule has 0 spiro atoms. The highest BCUT2D eigenvalue weighted by molar-refractivity contribution is 5.91. The Bertz CT molecular complexity index is 602. The van der Waals surface area contributed by atoms with E-state index in [1.807, 2.05) is 6.07 Å². The second-order valence-electron chi connectivity index (χ2n) is 5.89. The van der Waals surface area contributed by atoms with Crippen molar-refractivity contribution < 1.29 is 28.5 Å². The third-order valence-corrected chi connectivity index (χ3v) is 3.89. The molecule has 2 rings (SSSR count). The Kier molecular flexibility index (Phi) is 9.64. The molecule has 0 saturated carbocycles. The number of rotatable bonds is 11. The van der Waals surface area contributed by atoms with Crippen molar-refractivity contribution in [2.45, 2.75) is 0 Å². The first-order chi connectivity index (χ1) is 13.2. The van der Waals surface area contributed by atoms with Gasteiger partial charge in [-0.3, -0.25) is 9.69 Å². The number of carbonyl (C=O) groups is 1. The first kappa shape index (κ1) is 21.2. The summed E-state index contributed by atoms with van der Waals surface area (Å²) < 4.78 is 26.1. The average molecular weight is 380 g/mol. The zero-order valence-corrected chi connectivity index (χ0v) is 15.9. The molecule has 0 bridgehead atoms. The van der Waals surface area contributed by atoms with Gasteiger partial charge in [0.15, 0.2) is 25.1 Å². The molecular formula is C19H28N2O6. The maximum atomic E-state index is 12.0. The lowest BCUT2D eigenvalue weighted by atomic mass is 10.2. The van der Waals surface area contributed by atoms with Crippen molar-refractivity contribution in [3.8, 4) is 11.5 Å². The van der Waals surface area contributed by atoms with E-state index in [4.69, 9.17) is 23.7 Å². The highest BCUT2D eigenvalue weighted by atomic mass is 16.7. The molecule has 1 fully saturated rings. The standard InChI is InChI=1S/C19H28N2O6/c1-23-14-26-17-5-3-16(13-18(17)27-15-24-2)4-6-19(22)20-7-8-21-9-11-25-12-10-21/h3-6,13H,7-12,14-15H2,1-2H3,(H,20,22)/b6-4+. The second-order valence-corrected chi connectivity index (χ2v) is 5.89. The Morgan fingerprint density at radius 2 is 1.85 bits per heavy atom. The number of nitrogens with zero attached hydrogens (tertiary/aromatic N) is 1. The summed E-state index contributed by atoms with van der Waals surface area (Å²) in [5.74, 6) is 0.923. The van der Waals surface area contributed by atoms with Crippen molar-refractivity contribution in [2.75, 3.05) is 67.2 Å². The molecule has 27 heavy (non-hydrogen) atoms. The monoisotopic (exact) mass is 380 g/mol. The van der Waals surface area contributed by atoms with Crippen LogP contribution in [0.2, 0.25) is 0 Å². The van der Waals surface area contributed by atoms with Crippen molar-refractivity contribution in [1.29, 1.82) is 0 Å². The summed E-state index contributed by atoms with van der Waals surface area (Å²) >= 11 is 0. The Morgan fingerprint density at radius 3 is 2.56 bits per heavy atom. The van der Waals surface area contributed by atoms with Gasteiger partial charge in [0.25, 0.3) is 0 Å². The zero-order valence-electron chi connectivity index (χ0n) is 15.9.